The minimum atomic E-state index is -0.800. The first-order valence-corrected chi connectivity index (χ1v) is 16.4. The molecule has 43 heavy (non-hydrogen) atoms. The number of hydrogen-bond donors (Lipinski definition) is 2. The smallest absolute Gasteiger partial charge is 0.306 e. The molecule has 3 aliphatic carbocycles. The highest BCUT2D eigenvalue weighted by Gasteiger charge is 2.46. The first kappa shape index (κ1) is 28.2. The SMILES string of the molecule is O=C(NC1(C(=O)CC2CCC(C(=O)O)CC2)CCC1)c1ccc2c(C3CCCCC3)c3n(c2c1)CCOc1ccccc1-3. The van der Waals surface area contributed by atoms with Crippen LogP contribution in [0.3, 0.4) is 0 Å². The summed E-state index contributed by atoms with van der Waals surface area (Å²) in [6.45, 7) is 1.28. The summed E-state index contributed by atoms with van der Waals surface area (Å²) >= 11 is 0. The van der Waals surface area contributed by atoms with Crippen molar-refractivity contribution < 1.29 is 24.2 Å². The summed E-state index contributed by atoms with van der Waals surface area (Å²) in [7, 11) is 0. The third kappa shape index (κ3) is 5.15. The zero-order valence-electron chi connectivity index (χ0n) is 24.9. The topological polar surface area (TPSA) is 97.6 Å². The van der Waals surface area contributed by atoms with Gasteiger partial charge in [-0.2, -0.15) is 0 Å². The van der Waals surface area contributed by atoms with E-state index in [1.54, 1.807) is 0 Å². The summed E-state index contributed by atoms with van der Waals surface area (Å²) in [6, 6.07) is 14.4. The summed E-state index contributed by atoms with van der Waals surface area (Å²) in [5.74, 6) is 0.504. The molecule has 2 aromatic carbocycles. The Hall–Kier alpha value is -3.61. The van der Waals surface area contributed by atoms with Crippen LogP contribution in [0.25, 0.3) is 22.2 Å². The number of amides is 1. The lowest BCUT2D eigenvalue weighted by molar-refractivity contribution is -0.143. The molecule has 7 heteroatoms. The number of Topliss-reactive ketones (excluding diaryl/α,β-unsaturated/α-hetero) is 1. The molecule has 0 spiro atoms. The minimum Gasteiger partial charge on any atom is -0.491 e. The highest BCUT2D eigenvalue weighted by molar-refractivity contribution is 6.04. The van der Waals surface area contributed by atoms with E-state index < -0.39 is 11.5 Å². The molecule has 7 rings (SSSR count). The Kier molecular flexibility index (Phi) is 7.52. The average Bonchev–Trinajstić information content (AvgIpc) is 3.20. The van der Waals surface area contributed by atoms with Crippen molar-refractivity contribution in [2.75, 3.05) is 6.61 Å². The molecule has 7 nitrogen and oxygen atoms in total. The Labute approximate surface area is 253 Å². The van der Waals surface area contributed by atoms with Crippen molar-refractivity contribution in [2.45, 2.75) is 101 Å². The van der Waals surface area contributed by atoms with Crippen LogP contribution in [0.1, 0.15) is 105 Å². The van der Waals surface area contributed by atoms with Crippen LogP contribution < -0.4 is 10.1 Å². The average molecular weight is 583 g/mol. The van der Waals surface area contributed by atoms with E-state index in [1.807, 2.05) is 18.2 Å². The molecule has 2 heterocycles. The van der Waals surface area contributed by atoms with Crippen LogP contribution in [-0.2, 0) is 16.1 Å². The van der Waals surface area contributed by atoms with Crippen molar-refractivity contribution >= 4 is 28.6 Å². The predicted molar refractivity (Wildman–Crippen MR) is 165 cm³/mol. The number of carbonyl (C=O) groups excluding carboxylic acids is 2. The molecule has 0 bridgehead atoms. The summed E-state index contributed by atoms with van der Waals surface area (Å²) in [6.07, 6.45) is 11.6. The van der Waals surface area contributed by atoms with Gasteiger partial charge in [0.05, 0.1) is 23.7 Å². The zero-order valence-corrected chi connectivity index (χ0v) is 24.9. The van der Waals surface area contributed by atoms with Crippen molar-refractivity contribution in [1.82, 2.24) is 9.88 Å². The molecule has 2 N–H and O–H groups in total. The molecule has 0 radical (unpaired) electrons. The van der Waals surface area contributed by atoms with Crippen molar-refractivity contribution in [3.63, 3.8) is 0 Å². The maximum absolute atomic E-state index is 13.8. The number of benzene rings is 2. The number of ketones is 1. The fourth-order valence-corrected chi connectivity index (χ4v) is 8.24. The van der Waals surface area contributed by atoms with Crippen LogP contribution in [0.5, 0.6) is 5.75 Å². The molecule has 1 aliphatic heterocycles. The van der Waals surface area contributed by atoms with Crippen LogP contribution in [-0.4, -0.2) is 39.5 Å². The van der Waals surface area contributed by atoms with Crippen LogP contribution in [0, 0.1) is 11.8 Å². The van der Waals surface area contributed by atoms with Crippen LogP contribution in [0.4, 0.5) is 0 Å². The van der Waals surface area contributed by atoms with Gasteiger partial charge in [0.25, 0.3) is 5.91 Å². The number of carboxylic acids is 1. The van der Waals surface area contributed by atoms with E-state index in [0.717, 1.165) is 36.1 Å². The maximum Gasteiger partial charge on any atom is 0.306 e. The largest absolute Gasteiger partial charge is 0.491 e. The first-order valence-electron chi connectivity index (χ1n) is 16.4. The van der Waals surface area contributed by atoms with Crippen molar-refractivity contribution in [3.8, 4) is 17.0 Å². The lowest BCUT2D eigenvalue weighted by atomic mass is 9.69. The van der Waals surface area contributed by atoms with Gasteiger partial charge in [0.15, 0.2) is 5.78 Å². The highest BCUT2D eigenvalue weighted by Crippen LogP contribution is 2.47. The number of ether oxygens (including phenoxy) is 1. The summed E-state index contributed by atoms with van der Waals surface area (Å²) in [4.78, 5) is 38.7. The number of para-hydroxylation sites is 1. The molecular weight excluding hydrogens is 540 g/mol. The van der Waals surface area contributed by atoms with E-state index in [9.17, 15) is 19.5 Å². The van der Waals surface area contributed by atoms with Gasteiger partial charge in [0.1, 0.15) is 12.4 Å². The van der Waals surface area contributed by atoms with E-state index in [1.165, 1.54) is 48.7 Å². The number of rotatable bonds is 7. The number of fused-ring (bicyclic) bond motifs is 5. The Balaban J connectivity index is 1.18. The maximum atomic E-state index is 13.8. The predicted octanol–water partition coefficient (Wildman–Crippen LogP) is 7.25. The van der Waals surface area contributed by atoms with Gasteiger partial charge in [-0.05, 0) is 99.5 Å². The van der Waals surface area contributed by atoms with E-state index in [2.05, 4.69) is 34.1 Å². The number of aliphatic carboxylic acids is 1. The number of hydrogen-bond acceptors (Lipinski definition) is 4. The summed E-state index contributed by atoms with van der Waals surface area (Å²) in [5, 5.41) is 13.7. The number of aromatic nitrogens is 1. The second-order valence-corrected chi connectivity index (χ2v) is 13.4. The van der Waals surface area contributed by atoms with Gasteiger partial charge in [0.2, 0.25) is 0 Å². The fraction of sp³-hybridized carbons (Fsp3) is 0.528. The number of nitrogens with zero attached hydrogens (tertiary/aromatic N) is 1. The Bertz CT molecular complexity index is 1550. The molecule has 3 aromatic rings. The molecule has 1 aromatic heterocycles. The van der Waals surface area contributed by atoms with Gasteiger partial charge in [-0.15, -0.1) is 0 Å². The molecule has 226 valence electrons. The van der Waals surface area contributed by atoms with Crippen molar-refractivity contribution in [3.05, 3.63) is 53.6 Å². The second-order valence-electron chi connectivity index (χ2n) is 13.4. The third-order valence-corrected chi connectivity index (χ3v) is 10.9. The Morgan fingerprint density at radius 1 is 0.930 bits per heavy atom. The highest BCUT2D eigenvalue weighted by atomic mass is 16.5. The summed E-state index contributed by atoms with van der Waals surface area (Å²) < 4.78 is 8.55. The second kappa shape index (κ2) is 11.5. The molecule has 0 atom stereocenters. The monoisotopic (exact) mass is 582 g/mol. The van der Waals surface area contributed by atoms with Gasteiger partial charge in [-0.25, -0.2) is 0 Å². The van der Waals surface area contributed by atoms with Crippen molar-refractivity contribution in [1.29, 1.82) is 0 Å². The molecule has 0 saturated heterocycles. The van der Waals surface area contributed by atoms with Crippen LogP contribution in [0.2, 0.25) is 0 Å². The minimum absolute atomic E-state index is 0.108. The zero-order chi connectivity index (χ0) is 29.6. The van der Waals surface area contributed by atoms with Gasteiger partial charge >= 0.3 is 5.97 Å². The lowest BCUT2D eigenvalue weighted by Crippen LogP contribution is -2.59. The lowest BCUT2D eigenvalue weighted by Gasteiger charge is -2.42. The molecular formula is C36H42N2O5. The van der Waals surface area contributed by atoms with Crippen LogP contribution >= 0.6 is 0 Å². The van der Waals surface area contributed by atoms with Gasteiger partial charge < -0.3 is 19.7 Å². The van der Waals surface area contributed by atoms with E-state index >= 15 is 0 Å². The Morgan fingerprint density at radius 2 is 1.70 bits per heavy atom. The number of carboxylic acid groups (broad SMARTS) is 1. The van der Waals surface area contributed by atoms with Gasteiger partial charge in [0, 0.05) is 28.5 Å². The number of carbonyl (C=O) groups is 3. The molecule has 0 unspecified atom stereocenters. The van der Waals surface area contributed by atoms with Crippen LogP contribution in [0.15, 0.2) is 42.5 Å². The quantitative estimate of drug-likeness (QED) is 0.306. The van der Waals surface area contributed by atoms with Crippen molar-refractivity contribution in [2.24, 2.45) is 11.8 Å². The molecule has 4 aliphatic rings. The van der Waals surface area contributed by atoms with Gasteiger partial charge in [-0.3, -0.25) is 14.4 Å². The fourth-order valence-electron chi connectivity index (χ4n) is 8.24. The normalized spacial score (nSPS) is 23.3. The van der Waals surface area contributed by atoms with Gasteiger partial charge in [-0.1, -0.05) is 37.5 Å². The van der Waals surface area contributed by atoms with E-state index in [-0.39, 0.29) is 23.5 Å². The third-order valence-electron chi connectivity index (χ3n) is 10.9. The standard InChI is InChI=1S/C36H42N2O5/c39-31(21-23-11-13-25(14-12-23)35(41)42)36(17-6-18-36)37-34(40)26-15-16-27-29(22-26)38-19-20-43-30-10-5-4-9-28(30)33(38)32(27)24-7-2-1-3-8-24/h4-5,9-10,15-16,22-25H,1-3,6-8,11-14,17-21H2,(H,37,40)(H,41,42). The molecule has 3 saturated carbocycles. The first-order chi connectivity index (χ1) is 20.9. The molecule has 3 fully saturated rings. The van der Waals surface area contributed by atoms with E-state index in [4.69, 9.17) is 4.74 Å². The molecule has 1 amide bonds. The number of nitrogens with one attached hydrogen (secondary N) is 1. The Morgan fingerprint density at radius 3 is 2.42 bits per heavy atom. The van der Waals surface area contributed by atoms with E-state index in [0.29, 0.717) is 56.7 Å². The summed E-state index contributed by atoms with van der Waals surface area (Å²) in [5.41, 5.74) is 4.60.